The van der Waals surface area contributed by atoms with Crippen molar-refractivity contribution < 1.29 is 9.53 Å². The van der Waals surface area contributed by atoms with Crippen LogP contribution >= 0.6 is 0 Å². The van der Waals surface area contributed by atoms with E-state index in [2.05, 4.69) is 15.1 Å². The molecule has 4 heterocycles. The molecular formula is C21H32N6O2. The van der Waals surface area contributed by atoms with Gasteiger partial charge < -0.3 is 14.5 Å². The van der Waals surface area contributed by atoms with Crippen LogP contribution in [0.5, 0.6) is 0 Å². The first-order valence-corrected chi connectivity index (χ1v) is 10.7. The fraction of sp³-hybridized carbons (Fsp3) is 0.667. The number of hydrogen-bond donors (Lipinski definition) is 0. The van der Waals surface area contributed by atoms with Gasteiger partial charge in [0, 0.05) is 44.1 Å². The predicted molar refractivity (Wildman–Crippen MR) is 110 cm³/mol. The second-order valence-corrected chi connectivity index (χ2v) is 8.42. The number of morpholine rings is 1. The highest BCUT2D eigenvalue weighted by molar-refractivity contribution is 5.93. The highest BCUT2D eigenvalue weighted by Crippen LogP contribution is 2.32. The minimum atomic E-state index is -0.151. The fourth-order valence-corrected chi connectivity index (χ4v) is 4.54. The van der Waals surface area contributed by atoms with Gasteiger partial charge in [-0.05, 0) is 45.8 Å². The number of carbonyl (C=O) groups excluding carboxylic acids is 1. The van der Waals surface area contributed by atoms with E-state index in [1.54, 1.807) is 15.6 Å². The summed E-state index contributed by atoms with van der Waals surface area (Å²) in [5.41, 5.74) is 1.66. The number of aromatic nitrogens is 4. The lowest BCUT2D eigenvalue weighted by Crippen LogP contribution is -2.52. The molecule has 0 aliphatic carbocycles. The van der Waals surface area contributed by atoms with E-state index in [0.29, 0.717) is 18.8 Å². The molecule has 8 nitrogen and oxygen atoms in total. The summed E-state index contributed by atoms with van der Waals surface area (Å²) in [7, 11) is 1.91. The topological polar surface area (TPSA) is 68.4 Å². The Hall–Kier alpha value is -2.19. The third-order valence-corrected chi connectivity index (χ3v) is 5.94. The number of piperidine rings is 1. The Morgan fingerprint density at radius 2 is 2.00 bits per heavy atom. The summed E-state index contributed by atoms with van der Waals surface area (Å²) < 4.78 is 9.84. The van der Waals surface area contributed by atoms with E-state index in [4.69, 9.17) is 4.74 Å². The van der Waals surface area contributed by atoms with Crippen LogP contribution in [0.3, 0.4) is 0 Å². The second-order valence-electron chi connectivity index (χ2n) is 8.42. The van der Waals surface area contributed by atoms with E-state index in [-0.39, 0.29) is 24.1 Å². The van der Waals surface area contributed by atoms with Gasteiger partial charge in [-0.3, -0.25) is 14.2 Å². The molecule has 0 aromatic carbocycles. The Balaban J connectivity index is 1.63. The van der Waals surface area contributed by atoms with E-state index >= 15 is 0 Å². The molecule has 2 fully saturated rings. The third-order valence-electron chi connectivity index (χ3n) is 5.94. The summed E-state index contributed by atoms with van der Waals surface area (Å²) in [4.78, 5) is 18.0. The molecule has 2 aromatic rings. The Bertz CT molecular complexity index is 823. The van der Waals surface area contributed by atoms with Crippen LogP contribution in [0, 0.1) is 0 Å². The zero-order chi connectivity index (χ0) is 20.4. The van der Waals surface area contributed by atoms with Crippen molar-refractivity contribution >= 4 is 5.91 Å². The fourth-order valence-electron chi connectivity index (χ4n) is 4.54. The van der Waals surface area contributed by atoms with Crippen molar-refractivity contribution in [2.24, 2.45) is 7.05 Å². The van der Waals surface area contributed by atoms with E-state index in [1.807, 2.05) is 44.3 Å². The molecule has 0 radical (unpaired) electrons. The molecule has 2 aliphatic rings. The zero-order valence-corrected chi connectivity index (χ0v) is 17.7. The molecular weight excluding hydrogens is 368 g/mol. The minimum Gasteiger partial charge on any atom is -0.373 e. The minimum absolute atomic E-state index is 0.0111. The number of ether oxygens (including phenoxy) is 1. The van der Waals surface area contributed by atoms with Crippen molar-refractivity contribution in [3.05, 3.63) is 35.9 Å². The summed E-state index contributed by atoms with van der Waals surface area (Å²) in [5.74, 6) is 0.0111. The molecule has 2 atom stereocenters. The van der Waals surface area contributed by atoms with Crippen LogP contribution in [0.1, 0.15) is 61.2 Å². The number of aryl methyl sites for hydroxylation is 1. The standard InChI is InChI=1S/C21H32N6O2/c1-16(2)27-18(7-8-22-27)21(28)26-11-12-29-19(15-25-9-5-4-6-10-25)20(26)17-13-23-24(3)14-17/h7-8,13-14,16,19-20H,4-6,9-12,15H2,1-3H3/t19-,20-/m0/s1. The van der Waals surface area contributed by atoms with E-state index in [1.165, 1.54) is 19.3 Å². The number of nitrogens with zero attached hydrogens (tertiary/aromatic N) is 6. The van der Waals surface area contributed by atoms with Crippen LogP contribution in [0.25, 0.3) is 0 Å². The summed E-state index contributed by atoms with van der Waals surface area (Å²) in [6.45, 7) is 8.25. The van der Waals surface area contributed by atoms with Crippen LogP contribution < -0.4 is 0 Å². The molecule has 0 bridgehead atoms. The SMILES string of the molecule is CC(C)n1nccc1C(=O)N1CCO[C@@H](CN2CCCCC2)[C@@H]1c1cnn(C)c1. The number of likely N-dealkylation sites (tertiary alicyclic amines) is 1. The van der Waals surface area contributed by atoms with Gasteiger partial charge in [-0.1, -0.05) is 6.42 Å². The van der Waals surface area contributed by atoms with Crippen molar-refractivity contribution in [1.29, 1.82) is 0 Å². The predicted octanol–water partition coefficient (Wildman–Crippen LogP) is 2.27. The smallest absolute Gasteiger partial charge is 0.272 e. The number of amides is 1. The van der Waals surface area contributed by atoms with Crippen molar-refractivity contribution in [3.63, 3.8) is 0 Å². The lowest BCUT2D eigenvalue weighted by molar-refractivity contribution is -0.0744. The Morgan fingerprint density at radius 3 is 2.69 bits per heavy atom. The van der Waals surface area contributed by atoms with Crippen LogP contribution in [0.2, 0.25) is 0 Å². The largest absolute Gasteiger partial charge is 0.373 e. The highest BCUT2D eigenvalue weighted by Gasteiger charge is 2.39. The van der Waals surface area contributed by atoms with Crippen LogP contribution in [0.4, 0.5) is 0 Å². The second kappa shape index (κ2) is 8.67. The Kier molecular flexibility index (Phi) is 6.01. The maximum atomic E-state index is 13.6. The van der Waals surface area contributed by atoms with Gasteiger partial charge in [-0.2, -0.15) is 10.2 Å². The molecule has 8 heteroatoms. The highest BCUT2D eigenvalue weighted by atomic mass is 16.5. The van der Waals surface area contributed by atoms with Gasteiger partial charge in [-0.25, -0.2) is 0 Å². The zero-order valence-electron chi connectivity index (χ0n) is 17.7. The van der Waals surface area contributed by atoms with Crippen molar-refractivity contribution in [1.82, 2.24) is 29.4 Å². The average molecular weight is 401 g/mol. The summed E-state index contributed by atoms with van der Waals surface area (Å²) in [6, 6.07) is 1.80. The summed E-state index contributed by atoms with van der Waals surface area (Å²) in [6.07, 6.45) is 9.28. The maximum absolute atomic E-state index is 13.6. The first-order valence-electron chi connectivity index (χ1n) is 10.7. The molecule has 2 saturated heterocycles. The molecule has 2 aliphatic heterocycles. The van der Waals surface area contributed by atoms with Crippen molar-refractivity contribution in [3.8, 4) is 0 Å². The maximum Gasteiger partial charge on any atom is 0.272 e. The lowest BCUT2D eigenvalue weighted by Gasteiger charge is -2.43. The normalized spacial score (nSPS) is 23.7. The first kappa shape index (κ1) is 20.1. The van der Waals surface area contributed by atoms with E-state index in [9.17, 15) is 4.79 Å². The summed E-state index contributed by atoms with van der Waals surface area (Å²) in [5, 5.41) is 8.73. The van der Waals surface area contributed by atoms with E-state index in [0.717, 1.165) is 25.2 Å². The van der Waals surface area contributed by atoms with Gasteiger partial charge in [0.05, 0.1) is 24.9 Å². The molecule has 0 saturated carbocycles. The van der Waals surface area contributed by atoms with Gasteiger partial charge in [0.1, 0.15) is 5.69 Å². The monoisotopic (exact) mass is 400 g/mol. The molecule has 0 spiro atoms. The molecule has 29 heavy (non-hydrogen) atoms. The molecule has 0 unspecified atom stereocenters. The van der Waals surface area contributed by atoms with Crippen molar-refractivity contribution in [2.45, 2.75) is 51.3 Å². The van der Waals surface area contributed by atoms with Crippen LogP contribution in [-0.2, 0) is 11.8 Å². The third kappa shape index (κ3) is 4.23. The Labute approximate surface area is 172 Å². The van der Waals surface area contributed by atoms with Gasteiger partial charge in [0.15, 0.2) is 0 Å². The molecule has 0 N–H and O–H groups in total. The van der Waals surface area contributed by atoms with Gasteiger partial charge >= 0.3 is 0 Å². The average Bonchev–Trinajstić information content (AvgIpc) is 3.37. The molecule has 4 rings (SSSR count). The quantitative estimate of drug-likeness (QED) is 0.770. The number of carbonyl (C=O) groups is 1. The van der Waals surface area contributed by atoms with Crippen molar-refractivity contribution in [2.75, 3.05) is 32.8 Å². The van der Waals surface area contributed by atoms with Crippen LogP contribution in [0.15, 0.2) is 24.7 Å². The van der Waals surface area contributed by atoms with Gasteiger partial charge in [0.25, 0.3) is 5.91 Å². The van der Waals surface area contributed by atoms with Crippen LogP contribution in [-0.4, -0.2) is 74.2 Å². The Morgan fingerprint density at radius 1 is 1.21 bits per heavy atom. The number of rotatable bonds is 5. The number of hydrogen-bond acceptors (Lipinski definition) is 5. The summed E-state index contributed by atoms with van der Waals surface area (Å²) >= 11 is 0. The molecule has 158 valence electrons. The lowest BCUT2D eigenvalue weighted by atomic mass is 9.99. The van der Waals surface area contributed by atoms with Gasteiger partial charge in [-0.15, -0.1) is 0 Å². The van der Waals surface area contributed by atoms with Gasteiger partial charge in [0.2, 0.25) is 0 Å². The first-order chi connectivity index (χ1) is 14.0. The molecule has 1 amide bonds. The van der Waals surface area contributed by atoms with E-state index < -0.39 is 0 Å². The molecule has 2 aromatic heterocycles.